The standard InChI is InChI=1S/C10H9BrClO/c11-10-7-9(12)5-4-8(10)3-1-2-6-13/h3-7H,1-2H2. The molecular formula is C10H9BrClO. The van der Waals surface area contributed by atoms with Gasteiger partial charge in [0, 0.05) is 15.9 Å². The van der Waals surface area contributed by atoms with E-state index < -0.39 is 0 Å². The van der Waals surface area contributed by atoms with Gasteiger partial charge in [0.1, 0.15) is 6.29 Å². The van der Waals surface area contributed by atoms with E-state index in [9.17, 15) is 4.79 Å². The van der Waals surface area contributed by atoms with Crippen LogP contribution in [-0.2, 0) is 4.79 Å². The van der Waals surface area contributed by atoms with Crippen LogP contribution >= 0.6 is 27.5 Å². The first-order valence-electron chi connectivity index (χ1n) is 3.96. The first-order chi connectivity index (χ1) is 6.24. The minimum atomic E-state index is 0.565. The summed E-state index contributed by atoms with van der Waals surface area (Å²) in [6.07, 6.45) is 4.26. The summed E-state index contributed by atoms with van der Waals surface area (Å²) in [6.45, 7) is 0. The zero-order chi connectivity index (χ0) is 9.68. The normalized spacial score (nSPS) is 10.0. The molecule has 0 fully saturated rings. The Labute approximate surface area is 91.2 Å². The summed E-state index contributed by atoms with van der Waals surface area (Å²) in [4.78, 5) is 10.1. The third-order valence-electron chi connectivity index (χ3n) is 1.61. The van der Waals surface area contributed by atoms with E-state index in [2.05, 4.69) is 15.9 Å². The highest BCUT2D eigenvalue weighted by molar-refractivity contribution is 9.10. The number of unbranched alkanes of at least 4 members (excludes halogenated alkanes) is 1. The Morgan fingerprint density at radius 2 is 2.15 bits per heavy atom. The van der Waals surface area contributed by atoms with Crippen LogP contribution in [0.25, 0.3) is 0 Å². The molecule has 1 rings (SSSR count). The van der Waals surface area contributed by atoms with Crippen molar-refractivity contribution >= 4 is 33.8 Å². The number of benzene rings is 1. The summed E-state index contributed by atoms with van der Waals surface area (Å²) < 4.78 is 0.964. The average molecular weight is 261 g/mol. The van der Waals surface area contributed by atoms with Crippen LogP contribution < -0.4 is 0 Å². The topological polar surface area (TPSA) is 17.1 Å². The predicted molar refractivity (Wildman–Crippen MR) is 57.9 cm³/mol. The van der Waals surface area contributed by atoms with Gasteiger partial charge in [0.05, 0.1) is 0 Å². The lowest BCUT2D eigenvalue weighted by Gasteiger charge is -2.02. The number of rotatable bonds is 4. The van der Waals surface area contributed by atoms with Crippen LogP contribution in [0.15, 0.2) is 22.7 Å². The summed E-state index contributed by atoms with van der Waals surface area (Å²) >= 11 is 9.17. The van der Waals surface area contributed by atoms with Crippen LogP contribution in [0, 0.1) is 6.42 Å². The molecule has 0 unspecified atom stereocenters. The summed E-state index contributed by atoms with van der Waals surface area (Å²) in [7, 11) is 0. The molecule has 0 spiro atoms. The molecule has 1 radical (unpaired) electrons. The van der Waals surface area contributed by atoms with Gasteiger partial charge in [0.2, 0.25) is 0 Å². The lowest BCUT2D eigenvalue weighted by Crippen LogP contribution is -1.85. The van der Waals surface area contributed by atoms with Gasteiger partial charge in [-0.05, 0) is 30.5 Å². The second kappa shape index (κ2) is 5.40. The molecule has 0 saturated heterocycles. The zero-order valence-corrected chi connectivity index (χ0v) is 9.31. The molecule has 69 valence electrons. The molecule has 1 aromatic rings. The van der Waals surface area contributed by atoms with Crippen molar-refractivity contribution < 1.29 is 4.79 Å². The number of halogens is 2. The van der Waals surface area contributed by atoms with Crippen LogP contribution in [0.3, 0.4) is 0 Å². The van der Waals surface area contributed by atoms with Gasteiger partial charge < -0.3 is 4.79 Å². The first kappa shape index (κ1) is 10.7. The van der Waals surface area contributed by atoms with E-state index in [0.29, 0.717) is 11.4 Å². The molecule has 0 aromatic heterocycles. The third kappa shape index (κ3) is 3.49. The molecular weight excluding hydrogens is 251 g/mol. The Morgan fingerprint density at radius 3 is 2.77 bits per heavy atom. The van der Waals surface area contributed by atoms with Gasteiger partial charge in [-0.2, -0.15) is 0 Å². The largest absolute Gasteiger partial charge is 0.303 e. The number of hydrogen-bond donors (Lipinski definition) is 0. The second-order valence-corrected chi connectivity index (χ2v) is 3.90. The van der Waals surface area contributed by atoms with E-state index in [-0.39, 0.29) is 0 Å². The Kier molecular flexibility index (Phi) is 4.46. The molecule has 0 atom stereocenters. The fourth-order valence-corrected chi connectivity index (χ4v) is 1.82. The van der Waals surface area contributed by atoms with E-state index in [1.807, 2.05) is 24.6 Å². The molecule has 1 nitrogen and oxygen atoms in total. The molecule has 0 heterocycles. The van der Waals surface area contributed by atoms with Crippen molar-refractivity contribution in [3.05, 3.63) is 39.7 Å². The maximum atomic E-state index is 10.1. The summed E-state index contributed by atoms with van der Waals surface area (Å²) in [5, 5.41) is 0.708. The third-order valence-corrected chi connectivity index (χ3v) is 2.53. The molecule has 0 bridgehead atoms. The van der Waals surface area contributed by atoms with Crippen LogP contribution in [0.4, 0.5) is 0 Å². The van der Waals surface area contributed by atoms with E-state index in [1.165, 1.54) is 0 Å². The molecule has 13 heavy (non-hydrogen) atoms. The van der Waals surface area contributed by atoms with E-state index in [4.69, 9.17) is 11.6 Å². The summed E-state index contributed by atoms with van der Waals surface area (Å²) in [6, 6.07) is 5.60. The van der Waals surface area contributed by atoms with Crippen molar-refractivity contribution in [1.82, 2.24) is 0 Å². The molecule has 3 heteroatoms. The van der Waals surface area contributed by atoms with Crippen LogP contribution in [0.1, 0.15) is 18.4 Å². The quantitative estimate of drug-likeness (QED) is 0.597. The lowest BCUT2D eigenvalue weighted by atomic mass is 10.1. The van der Waals surface area contributed by atoms with Crippen molar-refractivity contribution in [2.45, 2.75) is 12.8 Å². The molecule has 0 amide bonds. The van der Waals surface area contributed by atoms with Crippen molar-refractivity contribution in [2.24, 2.45) is 0 Å². The van der Waals surface area contributed by atoms with E-state index >= 15 is 0 Å². The number of aldehydes is 1. The van der Waals surface area contributed by atoms with Gasteiger partial charge in [-0.1, -0.05) is 33.6 Å². The van der Waals surface area contributed by atoms with Crippen molar-refractivity contribution in [3.63, 3.8) is 0 Å². The monoisotopic (exact) mass is 259 g/mol. The Balaban J connectivity index is 2.61. The SMILES string of the molecule is O=CCC[CH]c1ccc(Cl)cc1Br. The second-order valence-electron chi connectivity index (χ2n) is 2.61. The fourth-order valence-electron chi connectivity index (χ4n) is 0.974. The smallest absolute Gasteiger partial charge is 0.120 e. The van der Waals surface area contributed by atoms with Gasteiger partial charge in [0.25, 0.3) is 0 Å². The van der Waals surface area contributed by atoms with Crippen molar-refractivity contribution in [3.8, 4) is 0 Å². The van der Waals surface area contributed by atoms with Gasteiger partial charge in [-0.3, -0.25) is 0 Å². The Bertz CT molecular complexity index is 299. The van der Waals surface area contributed by atoms with Crippen molar-refractivity contribution in [1.29, 1.82) is 0 Å². The van der Waals surface area contributed by atoms with E-state index in [0.717, 1.165) is 22.7 Å². The van der Waals surface area contributed by atoms with Gasteiger partial charge in [-0.25, -0.2) is 0 Å². The first-order valence-corrected chi connectivity index (χ1v) is 5.13. The number of hydrogen-bond acceptors (Lipinski definition) is 1. The highest BCUT2D eigenvalue weighted by Gasteiger charge is 2.00. The minimum absolute atomic E-state index is 0.565. The maximum absolute atomic E-state index is 10.1. The number of carbonyl (C=O) groups excluding carboxylic acids is 1. The van der Waals surface area contributed by atoms with Crippen LogP contribution in [0.5, 0.6) is 0 Å². The Morgan fingerprint density at radius 1 is 1.38 bits per heavy atom. The summed E-state index contributed by atoms with van der Waals surface area (Å²) in [5.74, 6) is 0. The van der Waals surface area contributed by atoms with Crippen LogP contribution in [-0.4, -0.2) is 6.29 Å². The highest BCUT2D eigenvalue weighted by atomic mass is 79.9. The van der Waals surface area contributed by atoms with Gasteiger partial charge in [0.15, 0.2) is 0 Å². The molecule has 0 aliphatic carbocycles. The van der Waals surface area contributed by atoms with E-state index in [1.54, 1.807) is 0 Å². The molecule has 0 aliphatic heterocycles. The molecule has 0 N–H and O–H groups in total. The minimum Gasteiger partial charge on any atom is -0.303 e. The zero-order valence-electron chi connectivity index (χ0n) is 6.97. The van der Waals surface area contributed by atoms with Crippen molar-refractivity contribution in [2.75, 3.05) is 0 Å². The highest BCUT2D eigenvalue weighted by Crippen LogP contribution is 2.23. The van der Waals surface area contributed by atoms with Gasteiger partial charge >= 0.3 is 0 Å². The molecule has 0 aliphatic rings. The fraction of sp³-hybridized carbons (Fsp3) is 0.200. The maximum Gasteiger partial charge on any atom is 0.120 e. The molecule has 0 saturated carbocycles. The average Bonchev–Trinajstić information content (AvgIpc) is 2.09. The number of carbonyl (C=O) groups is 1. The lowest BCUT2D eigenvalue weighted by molar-refractivity contribution is -0.107. The van der Waals surface area contributed by atoms with Gasteiger partial charge in [-0.15, -0.1) is 0 Å². The van der Waals surface area contributed by atoms with Crippen LogP contribution in [0.2, 0.25) is 5.02 Å². The predicted octanol–water partition coefficient (Wildman–Crippen LogP) is 3.63. The summed E-state index contributed by atoms with van der Waals surface area (Å²) in [5.41, 5.74) is 1.08. The Hall–Kier alpha value is -0.340. The molecule has 1 aromatic carbocycles.